The van der Waals surface area contributed by atoms with Gasteiger partial charge in [-0.1, -0.05) is 28.1 Å². The predicted octanol–water partition coefficient (Wildman–Crippen LogP) is 2.56. The zero-order valence-electron chi connectivity index (χ0n) is 10.5. The number of fused-ring (bicyclic) bond motifs is 1. The van der Waals surface area contributed by atoms with Crippen LogP contribution in [0.25, 0.3) is 6.20 Å². The van der Waals surface area contributed by atoms with E-state index >= 15 is 0 Å². The predicted molar refractivity (Wildman–Crippen MR) is 76.2 cm³/mol. The quantitative estimate of drug-likeness (QED) is 0.822. The highest BCUT2D eigenvalue weighted by Gasteiger charge is 2.10. The third-order valence-corrected chi connectivity index (χ3v) is 3.66. The average Bonchev–Trinajstić information content (AvgIpc) is 2.46. The van der Waals surface area contributed by atoms with Crippen LogP contribution in [0.2, 0.25) is 0 Å². The Morgan fingerprint density at radius 3 is 2.60 bits per heavy atom. The van der Waals surface area contributed by atoms with Gasteiger partial charge in [-0.15, -0.1) is 0 Å². The molecule has 0 aromatic heterocycles. The summed E-state index contributed by atoms with van der Waals surface area (Å²) in [5.74, 6) is -1.73. The van der Waals surface area contributed by atoms with Gasteiger partial charge in [0.15, 0.2) is 11.6 Å². The van der Waals surface area contributed by atoms with Crippen molar-refractivity contribution in [1.29, 1.82) is 0 Å². The number of halogens is 3. The van der Waals surface area contributed by atoms with E-state index in [1.807, 2.05) is 35.4 Å². The van der Waals surface area contributed by atoms with Crippen LogP contribution in [-0.2, 0) is 6.54 Å². The minimum Gasteiger partial charge on any atom is -0.353 e. The molecule has 5 heteroatoms. The molecule has 1 heterocycles. The van der Waals surface area contributed by atoms with E-state index in [0.717, 1.165) is 16.1 Å². The number of nitrogens with zero attached hydrogens (tertiary/aromatic N) is 2. The second kappa shape index (κ2) is 5.32. The molecule has 0 saturated heterocycles. The fourth-order valence-electron chi connectivity index (χ4n) is 2.14. The lowest BCUT2D eigenvalue weighted by Crippen LogP contribution is -2.38. The van der Waals surface area contributed by atoms with Gasteiger partial charge in [-0.2, -0.15) is 0 Å². The molecular weight excluding hydrogens is 326 g/mol. The van der Waals surface area contributed by atoms with Gasteiger partial charge in [0.05, 0.1) is 0 Å². The molecule has 102 valence electrons. The minimum absolute atomic E-state index is 0.108. The maximum absolute atomic E-state index is 13.6. The molecule has 2 nitrogen and oxygen atoms in total. The maximum Gasteiger partial charge on any atom is 0.184 e. The van der Waals surface area contributed by atoms with Crippen LogP contribution in [0.3, 0.4) is 0 Å². The van der Waals surface area contributed by atoms with Crippen LogP contribution in [-0.4, -0.2) is 11.6 Å². The van der Waals surface area contributed by atoms with Crippen molar-refractivity contribution in [3.8, 4) is 0 Å². The fraction of sp³-hybridized carbons (Fsp3) is 0.133. The molecule has 0 spiro atoms. The van der Waals surface area contributed by atoms with Gasteiger partial charge in [0.2, 0.25) is 0 Å². The van der Waals surface area contributed by atoms with E-state index in [2.05, 4.69) is 20.9 Å². The van der Waals surface area contributed by atoms with Crippen molar-refractivity contribution in [2.24, 2.45) is 4.99 Å². The lowest BCUT2D eigenvalue weighted by molar-refractivity contribution is 0.400. The lowest BCUT2D eigenvalue weighted by atomic mass is 10.2. The van der Waals surface area contributed by atoms with E-state index in [4.69, 9.17) is 0 Å². The number of rotatable bonds is 2. The van der Waals surface area contributed by atoms with E-state index in [1.165, 1.54) is 0 Å². The number of benzene rings is 2. The van der Waals surface area contributed by atoms with E-state index in [9.17, 15) is 8.78 Å². The summed E-state index contributed by atoms with van der Waals surface area (Å²) in [5.41, 5.74) is 1.13. The highest BCUT2D eigenvalue weighted by atomic mass is 79.9. The summed E-state index contributed by atoms with van der Waals surface area (Å²) in [7, 11) is 0. The summed E-state index contributed by atoms with van der Waals surface area (Å²) in [6.07, 6.45) is 1.81. The van der Waals surface area contributed by atoms with Crippen LogP contribution in [0.1, 0.15) is 5.56 Å². The zero-order valence-corrected chi connectivity index (χ0v) is 12.1. The third-order valence-electron chi connectivity index (χ3n) is 3.13. The molecule has 1 aliphatic rings. The second-order valence-corrected chi connectivity index (χ2v) is 5.52. The summed E-state index contributed by atoms with van der Waals surface area (Å²) in [6, 6.07) is 10.6. The monoisotopic (exact) mass is 336 g/mol. The largest absolute Gasteiger partial charge is 0.353 e. The summed E-state index contributed by atoms with van der Waals surface area (Å²) in [5, 5.41) is 0.712. The Morgan fingerprint density at radius 2 is 1.85 bits per heavy atom. The summed E-state index contributed by atoms with van der Waals surface area (Å²) in [6.45, 7) is 0.999. The highest BCUT2D eigenvalue weighted by molar-refractivity contribution is 9.10. The Labute approximate surface area is 123 Å². The first-order chi connectivity index (χ1) is 9.63. The zero-order chi connectivity index (χ0) is 14.1. The first-order valence-electron chi connectivity index (χ1n) is 6.12. The van der Waals surface area contributed by atoms with Crippen LogP contribution in [0.4, 0.5) is 8.78 Å². The molecule has 0 atom stereocenters. The molecule has 20 heavy (non-hydrogen) atoms. The topological polar surface area (TPSA) is 15.6 Å². The fourth-order valence-corrected chi connectivity index (χ4v) is 2.40. The van der Waals surface area contributed by atoms with Crippen LogP contribution < -0.4 is 10.6 Å². The summed E-state index contributed by atoms with van der Waals surface area (Å²) < 4.78 is 27.7. The van der Waals surface area contributed by atoms with Crippen LogP contribution >= 0.6 is 15.9 Å². The molecule has 2 aromatic rings. The minimum atomic E-state index is -0.873. The Bertz CT molecular complexity index is 757. The van der Waals surface area contributed by atoms with Gasteiger partial charge in [-0.25, -0.2) is 8.78 Å². The third kappa shape index (κ3) is 2.58. The maximum atomic E-state index is 13.6. The molecule has 0 bridgehead atoms. The number of hydrogen-bond donors (Lipinski definition) is 0. The Morgan fingerprint density at radius 1 is 1.10 bits per heavy atom. The van der Waals surface area contributed by atoms with Crippen LogP contribution in [0.15, 0.2) is 45.9 Å². The molecule has 0 N–H and O–H groups in total. The van der Waals surface area contributed by atoms with Gasteiger partial charge in [-0.3, -0.25) is 4.99 Å². The van der Waals surface area contributed by atoms with E-state index in [0.29, 0.717) is 18.4 Å². The van der Waals surface area contributed by atoms with Gasteiger partial charge in [-0.05, 0) is 29.8 Å². The summed E-state index contributed by atoms with van der Waals surface area (Å²) >= 11 is 3.39. The smallest absolute Gasteiger partial charge is 0.184 e. The normalized spacial score (nSPS) is 13.4. The van der Waals surface area contributed by atoms with Crippen molar-refractivity contribution in [1.82, 2.24) is 4.90 Å². The lowest BCUT2D eigenvalue weighted by Gasteiger charge is -2.20. The van der Waals surface area contributed by atoms with Gasteiger partial charge >= 0.3 is 0 Å². The summed E-state index contributed by atoms with van der Waals surface area (Å²) in [4.78, 5) is 6.08. The van der Waals surface area contributed by atoms with Crippen molar-refractivity contribution < 1.29 is 8.78 Å². The molecule has 0 aliphatic carbocycles. The van der Waals surface area contributed by atoms with Gasteiger partial charge < -0.3 is 4.90 Å². The molecule has 1 aliphatic heterocycles. The van der Waals surface area contributed by atoms with Crippen molar-refractivity contribution in [3.63, 3.8) is 0 Å². The second-order valence-electron chi connectivity index (χ2n) is 4.60. The van der Waals surface area contributed by atoms with Gasteiger partial charge in [0.1, 0.15) is 12.0 Å². The molecule has 0 amide bonds. The van der Waals surface area contributed by atoms with Crippen LogP contribution in [0, 0.1) is 11.6 Å². The van der Waals surface area contributed by atoms with E-state index in [-0.39, 0.29) is 5.36 Å². The number of hydrogen-bond acceptors (Lipinski definition) is 2. The Balaban J connectivity index is 1.90. The van der Waals surface area contributed by atoms with Crippen molar-refractivity contribution >= 4 is 22.1 Å². The highest BCUT2D eigenvalue weighted by Crippen LogP contribution is 2.12. The van der Waals surface area contributed by atoms with Crippen LogP contribution in [0.5, 0.6) is 0 Å². The molecule has 0 fully saturated rings. The Kier molecular flexibility index (Phi) is 3.53. The standard InChI is InChI=1S/C15H11BrF2N2/c16-12-4-1-10(2-5-12)7-20-8-11-3-6-13(17)14(18)15(11)19-9-20/h1-6,8H,7,9H2. The van der Waals surface area contributed by atoms with Gasteiger partial charge in [0, 0.05) is 22.4 Å². The van der Waals surface area contributed by atoms with E-state index in [1.54, 1.807) is 6.07 Å². The molecule has 2 aromatic carbocycles. The molecular formula is C15H11BrF2N2. The average molecular weight is 337 g/mol. The van der Waals surface area contributed by atoms with Crippen molar-refractivity contribution in [3.05, 3.63) is 68.6 Å². The molecule has 0 unspecified atom stereocenters. The van der Waals surface area contributed by atoms with E-state index < -0.39 is 11.6 Å². The van der Waals surface area contributed by atoms with Crippen molar-refractivity contribution in [2.75, 3.05) is 6.67 Å². The Hall–Kier alpha value is -1.75. The first-order valence-corrected chi connectivity index (χ1v) is 6.91. The molecule has 0 radical (unpaired) electrons. The molecule has 3 rings (SSSR count). The SMILES string of the molecule is Fc1ccc2c(c1F)=NCN(Cc1ccc(Br)cc1)C=2. The van der Waals surface area contributed by atoms with Crippen molar-refractivity contribution in [2.45, 2.75) is 6.54 Å². The first kappa shape index (κ1) is 13.2. The van der Waals surface area contributed by atoms with Gasteiger partial charge in [0.25, 0.3) is 0 Å². The molecule has 0 saturated carbocycles.